The summed E-state index contributed by atoms with van der Waals surface area (Å²) in [4.78, 5) is 17.0. The van der Waals surface area contributed by atoms with Gasteiger partial charge in [-0.25, -0.2) is 0 Å². The molecule has 3 aromatic rings. The molecule has 30 heavy (non-hydrogen) atoms. The van der Waals surface area contributed by atoms with Gasteiger partial charge in [0.15, 0.2) is 5.69 Å². The third kappa shape index (κ3) is 3.35. The highest BCUT2D eigenvalue weighted by atomic mass is 19.4. The second kappa shape index (κ2) is 6.68. The first kappa shape index (κ1) is 18.8. The number of amides is 1. The highest BCUT2D eigenvalue weighted by Crippen LogP contribution is 2.40. The summed E-state index contributed by atoms with van der Waals surface area (Å²) in [6.07, 6.45) is 0.138. The van der Waals surface area contributed by atoms with Gasteiger partial charge in [-0.05, 0) is 37.5 Å². The molecule has 0 radical (unpaired) electrons. The average Bonchev–Trinajstić information content (AvgIpc) is 3.17. The lowest BCUT2D eigenvalue weighted by atomic mass is 10.1. The van der Waals surface area contributed by atoms with Gasteiger partial charge in [0.25, 0.3) is 5.91 Å². The summed E-state index contributed by atoms with van der Waals surface area (Å²) in [7, 11) is 1.32. The van der Waals surface area contributed by atoms with Crippen molar-refractivity contribution < 1.29 is 18.0 Å². The molecule has 0 spiro atoms. The van der Waals surface area contributed by atoms with Crippen molar-refractivity contribution in [2.75, 3.05) is 0 Å². The Balaban J connectivity index is 1.36. The molecule has 0 aromatic carbocycles. The first-order valence-electron chi connectivity index (χ1n) is 9.76. The Morgan fingerprint density at radius 2 is 1.97 bits per heavy atom. The highest BCUT2D eigenvalue weighted by Gasteiger charge is 2.36. The molecular formula is C20H19F3N6O. The van der Waals surface area contributed by atoms with Gasteiger partial charge in [0, 0.05) is 43.0 Å². The van der Waals surface area contributed by atoms with Gasteiger partial charge in [-0.2, -0.15) is 23.4 Å². The maximum atomic E-state index is 12.9. The van der Waals surface area contributed by atoms with E-state index in [-0.39, 0.29) is 11.7 Å². The number of rotatable bonds is 4. The number of hydrogen-bond donors (Lipinski definition) is 1. The second-order valence-corrected chi connectivity index (χ2v) is 7.77. The van der Waals surface area contributed by atoms with Gasteiger partial charge in [0.2, 0.25) is 0 Å². The van der Waals surface area contributed by atoms with Gasteiger partial charge in [-0.1, -0.05) is 0 Å². The van der Waals surface area contributed by atoms with Crippen molar-refractivity contribution in [1.29, 1.82) is 0 Å². The summed E-state index contributed by atoms with van der Waals surface area (Å²) < 4.78 is 41.4. The van der Waals surface area contributed by atoms with Crippen LogP contribution in [0, 0.1) is 0 Å². The Kier molecular flexibility index (Phi) is 4.19. The lowest BCUT2D eigenvalue weighted by Crippen LogP contribution is -2.28. The topological polar surface area (TPSA) is 77.6 Å². The maximum absolute atomic E-state index is 12.9. The first-order valence-corrected chi connectivity index (χ1v) is 9.76. The quantitative estimate of drug-likeness (QED) is 0.707. The van der Waals surface area contributed by atoms with Crippen LogP contribution in [0.1, 0.15) is 58.8 Å². The largest absolute Gasteiger partial charge is 0.435 e. The van der Waals surface area contributed by atoms with Crippen molar-refractivity contribution >= 4 is 5.91 Å². The van der Waals surface area contributed by atoms with Crippen LogP contribution in [0.4, 0.5) is 13.2 Å². The number of halogens is 3. The molecule has 1 aliphatic carbocycles. The minimum Gasteiger partial charge on any atom is -0.342 e. The fraction of sp³-hybridized carbons (Fsp3) is 0.400. The van der Waals surface area contributed by atoms with Gasteiger partial charge in [-0.3, -0.25) is 19.1 Å². The van der Waals surface area contributed by atoms with Crippen LogP contribution in [0.5, 0.6) is 0 Å². The molecular weight excluding hydrogens is 397 g/mol. The van der Waals surface area contributed by atoms with Crippen LogP contribution in [0.3, 0.4) is 0 Å². The Hall–Kier alpha value is -3.17. The Labute approximate surface area is 169 Å². The molecule has 1 N–H and O–H groups in total. The number of aromatic nitrogens is 5. The van der Waals surface area contributed by atoms with Crippen LogP contribution >= 0.6 is 0 Å². The van der Waals surface area contributed by atoms with E-state index in [1.807, 2.05) is 16.8 Å². The normalized spacial score (nSPS) is 18.5. The lowest BCUT2D eigenvalue weighted by Gasteiger charge is -2.11. The zero-order valence-electron chi connectivity index (χ0n) is 16.1. The van der Waals surface area contributed by atoms with E-state index >= 15 is 0 Å². The minimum atomic E-state index is -4.60. The summed E-state index contributed by atoms with van der Waals surface area (Å²) in [5.74, 6) is -0.0615. The van der Waals surface area contributed by atoms with Crippen molar-refractivity contribution in [1.82, 2.24) is 29.9 Å². The van der Waals surface area contributed by atoms with E-state index < -0.39 is 17.8 Å². The lowest BCUT2D eigenvalue weighted by molar-refractivity contribution is -0.141. The van der Waals surface area contributed by atoms with Crippen LogP contribution in [0.25, 0.3) is 11.3 Å². The fourth-order valence-corrected chi connectivity index (χ4v) is 3.84. The predicted molar refractivity (Wildman–Crippen MR) is 100 cm³/mol. The zero-order chi connectivity index (χ0) is 21.0. The Morgan fingerprint density at radius 1 is 1.17 bits per heavy atom. The van der Waals surface area contributed by atoms with E-state index in [9.17, 15) is 18.0 Å². The summed E-state index contributed by atoms with van der Waals surface area (Å²) >= 11 is 0. The van der Waals surface area contributed by atoms with Gasteiger partial charge in [0.1, 0.15) is 5.69 Å². The third-order valence-electron chi connectivity index (χ3n) is 5.58. The van der Waals surface area contributed by atoms with Crippen molar-refractivity contribution in [2.24, 2.45) is 7.05 Å². The number of nitrogens with one attached hydrogen (secondary N) is 1. The molecule has 4 heterocycles. The minimum absolute atomic E-state index is 0.135. The summed E-state index contributed by atoms with van der Waals surface area (Å²) in [6.45, 7) is 0.625. The standard InChI is InChI=1S/C20H19F3N6O/c1-28-17(10-18(27-28)20(21,22)23)19(30)25-13-5-7-29-16(13)9-15(26-29)12-4-6-24-14(8-12)11-2-3-11/h4,6,8-11,13H,2-3,5,7H2,1H3,(H,25,30)/t13-/m0/s1. The first-order chi connectivity index (χ1) is 14.3. The fourth-order valence-electron chi connectivity index (χ4n) is 3.84. The van der Waals surface area contributed by atoms with E-state index in [0.29, 0.717) is 18.9 Å². The SMILES string of the molecule is Cn1nc(C(F)(F)F)cc1C(=O)N[C@H]1CCn2nc(-c3ccnc(C4CC4)c3)cc21. The molecule has 3 aromatic heterocycles. The molecule has 0 bridgehead atoms. The molecule has 1 atom stereocenters. The monoisotopic (exact) mass is 416 g/mol. The highest BCUT2D eigenvalue weighted by molar-refractivity contribution is 5.93. The number of nitrogens with zero attached hydrogens (tertiary/aromatic N) is 5. The molecule has 1 fully saturated rings. The summed E-state index contributed by atoms with van der Waals surface area (Å²) in [5.41, 5.74) is 2.46. The van der Waals surface area contributed by atoms with Crippen LogP contribution in [-0.2, 0) is 19.8 Å². The van der Waals surface area contributed by atoms with E-state index in [1.165, 1.54) is 7.05 Å². The molecule has 1 amide bonds. The third-order valence-corrected chi connectivity index (χ3v) is 5.58. The second-order valence-electron chi connectivity index (χ2n) is 7.77. The molecule has 2 aliphatic rings. The average molecular weight is 416 g/mol. The predicted octanol–water partition coefficient (Wildman–Crippen LogP) is 3.45. The van der Waals surface area contributed by atoms with Crippen molar-refractivity contribution in [2.45, 2.75) is 43.9 Å². The van der Waals surface area contributed by atoms with E-state index in [0.717, 1.165) is 46.2 Å². The van der Waals surface area contributed by atoms with E-state index in [2.05, 4.69) is 26.6 Å². The van der Waals surface area contributed by atoms with Crippen molar-refractivity contribution in [3.05, 3.63) is 53.2 Å². The molecule has 0 unspecified atom stereocenters. The molecule has 1 aliphatic heterocycles. The van der Waals surface area contributed by atoms with Gasteiger partial charge in [0.05, 0.1) is 17.4 Å². The molecule has 1 saturated carbocycles. The van der Waals surface area contributed by atoms with E-state index in [4.69, 9.17) is 0 Å². The van der Waals surface area contributed by atoms with Crippen LogP contribution in [0.2, 0.25) is 0 Å². The molecule has 10 heteroatoms. The zero-order valence-corrected chi connectivity index (χ0v) is 16.1. The Morgan fingerprint density at radius 3 is 2.67 bits per heavy atom. The molecule has 156 valence electrons. The molecule has 5 rings (SSSR count). The van der Waals surface area contributed by atoms with Crippen molar-refractivity contribution in [3.8, 4) is 11.3 Å². The van der Waals surface area contributed by atoms with Gasteiger partial charge < -0.3 is 5.32 Å². The number of carbonyl (C=O) groups is 1. The van der Waals surface area contributed by atoms with Crippen LogP contribution < -0.4 is 5.32 Å². The molecule has 0 saturated heterocycles. The van der Waals surface area contributed by atoms with E-state index in [1.54, 1.807) is 6.20 Å². The number of alkyl halides is 3. The van der Waals surface area contributed by atoms with Gasteiger partial charge in [-0.15, -0.1) is 0 Å². The number of pyridine rings is 1. The maximum Gasteiger partial charge on any atom is 0.435 e. The molecule has 7 nitrogen and oxygen atoms in total. The number of fused-ring (bicyclic) bond motifs is 1. The summed E-state index contributed by atoms with van der Waals surface area (Å²) in [5, 5.41) is 10.9. The smallest absolute Gasteiger partial charge is 0.342 e. The number of hydrogen-bond acceptors (Lipinski definition) is 4. The van der Waals surface area contributed by atoms with Gasteiger partial charge >= 0.3 is 6.18 Å². The van der Waals surface area contributed by atoms with Crippen LogP contribution in [0.15, 0.2) is 30.5 Å². The number of aryl methyl sites for hydroxylation is 2. The Bertz CT molecular complexity index is 1130. The number of carbonyl (C=O) groups excluding carboxylic acids is 1. The van der Waals surface area contributed by atoms with Crippen molar-refractivity contribution in [3.63, 3.8) is 0 Å². The summed E-state index contributed by atoms with van der Waals surface area (Å²) in [6, 6.07) is 6.33. The van der Waals surface area contributed by atoms with Crippen LogP contribution in [-0.4, -0.2) is 30.5 Å².